The smallest absolute Gasteiger partial charge is 0.229 e. The van der Waals surface area contributed by atoms with Gasteiger partial charge in [0.05, 0.1) is 0 Å². The highest BCUT2D eigenvalue weighted by atomic mass is 35.5. The van der Waals surface area contributed by atoms with Crippen LogP contribution in [-0.2, 0) is 16.0 Å². The first-order chi connectivity index (χ1) is 8.49. The molecule has 2 rings (SSSR count). The van der Waals surface area contributed by atoms with Gasteiger partial charge in [-0.1, -0.05) is 29.8 Å². The highest BCUT2D eigenvalue weighted by Gasteiger charge is 2.24. The highest BCUT2D eigenvalue weighted by Crippen LogP contribution is 2.22. The third kappa shape index (κ3) is 2.44. The molecular weight excluding hydrogens is 248 g/mol. The normalized spacial score (nSPS) is 16.1. The van der Waals surface area contributed by atoms with Crippen LogP contribution >= 0.6 is 11.6 Å². The fourth-order valence-electron chi connectivity index (χ4n) is 1.94. The number of rotatable bonds is 2. The van der Waals surface area contributed by atoms with Gasteiger partial charge in [0, 0.05) is 16.2 Å². The van der Waals surface area contributed by atoms with Crippen molar-refractivity contribution in [2.75, 3.05) is 0 Å². The van der Waals surface area contributed by atoms with E-state index in [0.29, 0.717) is 22.6 Å². The van der Waals surface area contributed by atoms with Crippen LogP contribution in [0.4, 0.5) is 0 Å². The topological polar surface area (TPSA) is 34.1 Å². The van der Waals surface area contributed by atoms with Gasteiger partial charge < -0.3 is 0 Å². The molecule has 0 N–H and O–H groups in total. The second kappa shape index (κ2) is 4.91. The van der Waals surface area contributed by atoms with Crippen molar-refractivity contribution >= 4 is 23.2 Å². The van der Waals surface area contributed by atoms with Crippen molar-refractivity contribution in [2.45, 2.75) is 20.3 Å². The number of hydrogen-bond donors (Lipinski definition) is 0. The molecule has 92 valence electrons. The summed E-state index contributed by atoms with van der Waals surface area (Å²) >= 11 is 5.83. The SMILES string of the molecule is CC1=CC(Cc2ccc(Cl)cc2)=C(C)C(=O)C1=O. The zero-order valence-electron chi connectivity index (χ0n) is 10.3. The number of halogens is 1. The van der Waals surface area contributed by atoms with Gasteiger partial charge >= 0.3 is 0 Å². The zero-order chi connectivity index (χ0) is 13.3. The van der Waals surface area contributed by atoms with E-state index in [9.17, 15) is 9.59 Å². The summed E-state index contributed by atoms with van der Waals surface area (Å²) in [6.07, 6.45) is 2.44. The molecule has 0 bridgehead atoms. The predicted octanol–water partition coefficient (Wildman–Crippen LogP) is 3.30. The van der Waals surface area contributed by atoms with E-state index in [1.807, 2.05) is 24.3 Å². The van der Waals surface area contributed by atoms with Crippen molar-refractivity contribution in [2.24, 2.45) is 0 Å². The summed E-state index contributed by atoms with van der Waals surface area (Å²) in [5, 5.41) is 0.686. The van der Waals surface area contributed by atoms with E-state index in [4.69, 9.17) is 11.6 Å². The zero-order valence-corrected chi connectivity index (χ0v) is 11.0. The highest BCUT2D eigenvalue weighted by molar-refractivity contribution is 6.49. The second-order valence-corrected chi connectivity index (χ2v) is 4.88. The largest absolute Gasteiger partial charge is 0.285 e. The van der Waals surface area contributed by atoms with Crippen LogP contribution in [0.3, 0.4) is 0 Å². The number of Topliss-reactive ketones (excluding diaryl/α,β-unsaturated/α-hetero) is 2. The Bertz CT molecular complexity index is 573. The molecule has 0 spiro atoms. The van der Waals surface area contributed by atoms with Gasteiger partial charge in [-0.2, -0.15) is 0 Å². The maximum Gasteiger partial charge on any atom is 0.229 e. The molecule has 0 amide bonds. The van der Waals surface area contributed by atoms with Crippen LogP contribution in [0.1, 0.15) is 19.4 Å². The third-order valence-electron chi connectivity index (χ3n) is 3.09. The fraction of sp³-hybridized carbons (Fsp3) is 0.200. The Morgan fingerprint density at radius 1 is 1.00 bits per heavy atom. The molecule has 0 aromatic heterocycles. The summed E-state index contributed by atoms with van der Waals surface area (Å²) in [5.74, 6) is -0.786. The Kier molecular flexibility index (Phi) is 3.48. The van der Waals surface area contributed by atoms with Crippen LogP contribution in [0.2, 0.25) is 5.02 Å². The molecule has 2 nitrogen and oxygen atoms in total. The van der Waals surface area contributed by atoms with E-state index >= 15 is 0 Å². The Hall–Kier alpha value is -1.67. The molecule has 0 saturated carbocycles. The number of allylic oxidation sites excluding steroid dienone is 4. The van der Waals surface area contributed by atoms with Gasteiger partial charge in [0.25, 0.3) is 0 Å². The van der Waals surface area contributed by atoms with Crippen LogP contribution < -0.4 is 0 Å². The van der Waals surface area contributed by atoms with Crippen molar-refractivity contribution in [3.63, 3.8) is 0 Å². The minimum Gasteiger partial charge on any atom is -0.285 e. The molecule has 0 heterocycles. The monoisotopic (exact) mass is 260 g/mol. The Morgan fingerprint density at radius 2 is 1.61 bits per heavy atom. The number of ketones is 2. The Labute approximate surface area is 111 Å². The summed E-state index contributed by atoms with van der Waals surface area (Å²) in [6.45, 7) is 3.38. The van der Waals surface area contributed by atoms with Gasteiger partial charge in [0.2, 0.25) is 11.6 Å². The average molecular weight is 261 g/mol. The predicted molar refractivity (Wildman–Crippen MR) is 71.6 cm³/mol. The lowest BCUT2D eigenvalue weighted by Crippen LogP contribution is -2.21. The molecule has 0 fully saturated rings. The van der Waals surface area contributed by atoms with Crippen LogP contribution in [0.25, 0.3) is 0 Å². The average Bonchev–Trinajstić information content (AvgIpc) is 2.36. The van der Waals surface area contributed by atoms with E-state index in [2.05, 4.69) is 0 Å². The molecular formula is C15H13ClO2. The van der Waals surface area contributed by atoms with E-state index in [-0.39, 0.29) is 5.78 Å². The van der Waals surface area contributed by atoms with Gasteiger partial charge in [0.1, 0.15) is 0 Å². The maximum atomic E-state index is 11.7. The maximum absolute atomic E-state index is 11.7. The van der Waals surface area contributed by atoms with Gasteiger partial charge in [-0.15, -0.1) is 0 Å². The summed E-state index contributed by atoms with van der Waals surface area (Å²) in [4.78, 5) is 23.2. The van der Waals surface area contributed by atoms with E-state index in [1.54, 1.807) is 19.9 Å². The van der Waals surface area contributed by atoms with Gasteiger partial charge in [0.15, 0.2) is 0 Å². The molecule has 0 aliphatic heterocycles. The van der Waals surface area contributed by atoms with Crippen LogP contribution in [0.5, 0.6) is 0 Å². The van der Waals surface area contributed by atoms with Crippen molar-refractivity contribution in [3.8, 4) is 0 Å². The van der Waals surface area contributed by atoms with Crippen LogP contribution in [-0.4, -0.2) is 11.6 Å². The van der Waals surface area contributed by atoms with E-state index in [0.717, 1.165) is 11.1 Å². The fourth-order valence-corrected chi connectivity index (χ4v) is 2.06. The number of hydrogen-bond acceptors (Lipinski definition) is 2. The van der Waals surface area contributed by atoms with Crippen molar-refractivity contribution < 1.29 is 9.59 Å². The quantitative estimate of drug-likeness (QED) is 0.604. The number of carbonyl (C=O) groups is 2. The molecule has 1 aromatic rings. The molecule has 0 saturated heterocycles. The molecule has 0 radical (unpaired) electrons. The lowest BCUT2D eigenvalue weighted by molar-refractivity contribution is -0.132. The molecule has 1 aliphatic rings. The van der Waals surface area contributed by atoms with Crippen LogP contribution in [0, 0.1) is 0 Å². The Balaban J connectivity index is 2.31. The first-order valence-corrected chi connectivity index (χ1v) is 6.08. The van der Waals surface area contributed by atoms with Crippen molar-refractivity contribution in [1.29, 1.82) is 0 Å². The second-order valence-electron chi connectivity index (χ2n) is 4.44. The van der Waals surface area contributed by atoms with E-state index < -0.39 is 5.78 Å². The minimum absolute atomic E-state index is 0.390. The molecule has 1 aliphatic carbocycles. The molecule has 1 aromatic carbocycles. The summed E-state index contributed by atoms with van der Waals surface area (Å²) < 4.78 is 0. The number of benzene rings is 1. The van der Waals surface area contributed by atoms with Gasteiger partial charge in [-0.25, -0.2) is 0 Å². The molecule has 3 heteroatoms. The lowest BCUT2D eigenvalue weighted by Gasteiger charge is -2.14. The summed E-state index contributed by atoms with van der Waals surface area (Å²) in [6, 6.07) is 7.48. The lowest BCUT2D eigenvalue weighted by atomic mass is 9.88. The number of carbonyl (C=O) groups excluding carboxylic acids is 2. The summed E-state index contributed by atoms with van der Waals surface area (Å²) in [7, 11) is 0. The van der Waals surface area contributed by atoms with Crippen molar-refractivity contribution in [3.05, 3.63) is 57.6 Å². The molecule has 18 heavy (non-hydrogen) atoms. The first-order valence-electron chi connectivity index (χ1n) is 5.70. The van der Waals surface area contributed by atoms with E-state index in [1.165, 1.54) is 0 Å². The minimum atomic E-state index is -0.396. The first kappa shape index (κ1) is 12.8. The standard InChI is InChI=1S/C15H13ClO2/c1-9-7-12(10(2)15(18)14(9)17)8-11-3-5-13(16)6-4-11/h3-7H,8H2,1-2H3. The summed E-state index contributed by atoms with van der Waals surface area (Å²) in [5.41, 5.74) is 3.02. The van der Waals surface area contributed by atoms with Gasteiger partial charge in [-0.05, 0) is 43.5 Å². The third-order valence-corrected chi connectivity index (χ3v) is 3.34. The van der Waals surface area contributed by atoms with Gasteiger partial charge in [-0.3, -0.25) is 9.59 Å². The molecule has 0 atom stereocenters. The van der Waals surface area contributed by atoms with Crippen molar-refractivity contribution in [1.82, 2.24) is 0 Å². The Morgan fingerprint density at radius 3 is 2.22 bits per heavy atom. The molecule has 0 unspecified atom stereocenters. The van der Waals surface area contributed by atoms with Crippen LogP contribution in [0.15, 0.2) is 47.1 Å².